The molecule has 27 heavy (non-hydrogen) atoms. The molecular weight excluding hydrogens is 345 g/mol. The van der Waals surface area contributed by atoms with Gasteiger partial charge in [-0.05, 0) is 55.4 Å². The van der Waals surface area contributed by atoms with Crippen LogP contribution < -0.4 is 10.6 Å². The average Bonchev–Trinajstić information content (AvgIpc) is 3.20. The average molecular weight is 375 g/mol. The van der Waals surface area contributed by atoms with Crippen LogP contribution in [0.3, 0.4) is 0 Å². The largest absolute Gasteiger partial charge is 0.356 e. The molecule has 2 fully saturated rings. The van der Waals surface area contributed by atoms with E-state index in [4.69, 9.17) is 0 Å². The lowest BCUT2D eigenvalue weighted by molar-refractivity contribution is -0.121. The number of hydrogen-bond acceptors (Lipinski definition) is 2. The Hall–Kier alpha value is -2.11. The van der Waals surface area contributed by atoms with Crippen LogP contribution in [0.2, 0.25) is 0 Å². The number of halogens is 1. The van der Waals surface area contributed by atoms with Crippen molar-refractivity contribution in [3.63, 3.8) is 0 Å². The highest BCUT2D eigenvalue weighted by atomic mass is 19.1. The molecule has 0 spiro atoms. The van der Waals surface area contributed by atoms with Gasteiger partial charge in [0, 0.05) is 31.7 Å². The summed E-state index contributed by atoms with van der Waals surface area (Å²) in [5.74, 6) is 1.02. The van der Waals surface area contributed by atoms with E-state index in [1.807, 2.05) is 0 Å². The van der Waals surface area contributed by atoms with Gasteiger partial charge in [0.25, 0.3) is 0 Å². The summed E-state index contributed by atoms with van der Waals surface area (Å²) >= 11 is 0. The van der Waals surface area contributed by atoms with Crippen LogP contribution >= 0.6 is 0 Å². The van der Waals surface area contributed by atoms with Gasteiger partial charge in [-0.1, -0.05) is 25.7 Å². The van der Waals surface area contributed by atoms with Crippen molar-refractivity contribution < 1.29 is 14.0 Å². The van der Waals surface area contributed by atoms with Crippen molar-refractivity contribution in [1.29, 1.82) is 0 Å². The van der Waals surface area contributed by atoms with Gasteiger partial charge in [0.15, 0.2) is 0 Å². The molecule has 1 aromatic rings. The molecule has 1 heterocycles. The van der Waals surface area contributed by atoms with Gasteiger partial charge in [-0.15, -0.1) is 0 Å². The van der Waals surface area contributed by atoms with E-state index < -0.39 is 0 Å². The summed E-state index contributed by atoms with van der Waals surface area (Å²) in [5, 5.41) is 5.87. The first-order valence-corrected chi connectivity index (χ1v) is 10.2. The normalized spacial score (nSPS) is 18.5. The fourth-order valence-electron chi connectivity index (χ4n) is 4.06. The molecule has 148 valence electrons. The molecule has 1 aliphatic heterocycles. The third-order valence-electron chi connectivity index (χ3n) is 5.84. The Morgan fingerprint density at radius 2 is 1.67 bits per heavy atom. The minimum absolute atomic E-state index is 0.152. The first-order chi connectivity index (χ1) is 13.1. The monoisotopic (exact) mass is 375 g/mol. The number of carbonyl (C=O) groups is 2. The van der Waals surface area contributed by atoms with Crippen LogP contribution in [-0.4, -0.2) is 36.5 Å². The molecule has 3 amide bonds. The minimum atomic E-state index is -0.320. The predicted molar refractivity (Wildman–Crippen MR) is 104 cm³/mol. The van der Waals surface area contributed by atoms with Gasteiger partial charge in [-0.2, -0.15) is 0 Å². The highest BCUT2D eigenvalue weighted by Crippen LogP contribution is 2.28. The summed E-state index contributed by atoms with van der Waals surface area (Å²) in [7, 11) is 0. The van der Waals surface area contributed by atoms with Crippen LogP contribution in [-0.2, 0) is 4.79 Å². The number of carbonyl (C=O) groups excluding carboxylic acids is 2. The smallest absolute Gasteiger partial charge is 0.321 e. The topological polar surface area (TPSA) is 61.4 Å². The zero-order chi connectivity index (χ0) is 19.1. The van der Waals surface area contributed by atoms with Crippen molar-refractivity contribution >= 4 is 17.6 Å². The second-order valence-electron chi connectivity index (χ2n) is 7.86. The molecule has 2 N–H and O–H groups in total. The first kappa shape index (κ1) is 19.6. The van der Waals surface area contributed by atoms with Crippen molar-refractivity contribution in [2.24, 2.45) is 11.8 Å². The summed E-state index contributed by atoms with van der Waals surface area (Å²) in [6.45, 7) is 2.06. The van der Waals surface area contributed by atoms with Crippen LogP contribution in [0, 0.1) is 17.7 Å². The van der Waals surface area contributed by atoms with Crippen LogP contribution in [0.25, 0.3) is 0 Å². The lowest BCUT2D eigenvalue weighted by Crippen LogP contribution is -2.43. The zero-order valence-electron chi connectivity index (χ0n) is 15.9. The quantitative estimate of drug-likeness (QED) is 0.784. The third kappa shape index (κ3) is 6.22. The summed E-state index contributed by atoms with van der Waals surface area (Å²) in [6, 6.07) is 5.62. The van der Waals surface area contributed by atoms with Crippen LogP contribution in [0.4, 0.5) is 14.9 Å². The summed E-state index contributed by atoms with van der Waals surface area (Å²) in [6.07, 6.45) is 8.65. The molecule has 1 aliphatic carbocycles. The molecule has 1 saturated carbocycles. The molecule has 3 rings (SSSR count). The third-order valence-corrected chi connectivity index (χ3v) is 5.84. The molecule has 0 bridgehead atoms. The van der Waals surface area contributed by atoms with Crippen molar-refractivity contribution in [3.8, 4) is 0 Å². The summed E-state index contributed by atoms with van der Waals surface area (Å²) in [5.41, 5.74) is 0.595. The Kier molecular flexibility index (Phi) is 7.07. The van der Waals surface area contributed by atoms with E-state index in [2.05, 4.69) is 10.6 Å². The highest BCUT2D eigenvalue weighted by molar-refractivity contribution is 5.89. The molecule has 0 aromatic heterocycles. The Bertz CT molecular complexity index is 621. The maximum Gasteiger partial charge on any atom is 0.321 e. The van der Waals surface area contributed by atoms with Gasteiger partial charge in [-0.3, -0.25) is 4.79 Å². The van der Waals surface area contributed by atoms with Crippen LogP contribution in [0.15, 0.2) is 24.3 Å². The highest BCUT2D eigenvalue weighted by Gasteiger charge is 2.23. The molecule has 2 aliphatic rings. The van der Waals surface area contributed by atoms with Crippen molar-refractivity contribution in [1.82, 2.24) is 10.2 Å². The lowest BCUT2D eigenvalue weighted by Gasteiger charge is -2.32. The van der Waals surface area contributed by atoms with Crippen molar-refractivity contribution in [2.45, 2.75) is 51.4 Å². The van der Waals surface area contributed by atoms with Crippen LogP contribution in [0.1, 0.15) is 51.4 Å². The second-order valence-corrected chi connectivity index (χ2v) is 7.86. The Morgan fingerprint density at radius 3 is 2.33 bits per heavy atom. The number of hydrogen-bond donors (Lipinski definition) is 2. The maximum atomic E-state index is 12.9. The SMILES string of the molecule is O=C(CCC1CCCC1)NCC1CCN(C(=O)Nc2ccc(F)cc2)CC1. The molecule has 0 radical (unpaired) electrons. The summed E-state index contributed by atoms with van der Waals surface area (Å²) in [4.78, 5) is 26.1. The Morgan fingerprint density at radius 1 is 1.00 bits per heavy atom. The van der Waals surface area contributed by atoms with Gasteiger partial charge in [-0.25, -0.2) is 9.18 Å². The van der Waals surface area contributed by atoms with Gasteiger partial charge < -0.3 is 15.5 Å². The van der Waals surface area contributed by atoms with Crippen LogP contribution in [0.5, 0.6) is 0 Å². The standard InChI is InChI=1S/C21H30FN3O2/c22-18-6-8-19(9-7-18)24-21(27)25-13-11-17(12-14-25)15-23-20(26)10-5-16-3-1-2-4-16/h6-9,16-17H,1-5,10-15H2,(H,23,26)(H,24,27). The van der Waals surface area contributed by atoms with Gasteiger partial charge in [0.1, 0.15) is 5.82 Å². The molecule has 5 nitrogen and oxygen atoms in total. The zero-order valence-corrected chi connectivity index (χ0v) is 15.9. The van der Waals surface area contributed by atoms with E-state index in [0.717, 1.165) is 25.2 Å². The predicted octanol–water partition coefficient (Wildman–Crippen LogP) is 4.16. The van der Waals surface area contributed by atoms with E-state index in [1.165, 1.54) is 37.8 Å². The fourth-order valence-corrected chi connectivity index (χ4v) is 4.06. The number of benzene rings is 1. The molecular formula is C21H30FN3O2. The van der Waals surface area contributed by atoms with Crippen molar-refractivity contribution in [3.05, 3.63) is 30.1 Å². The number of amides is 3. The first-order valence-electron chi connectivity index (χ1n) is 10.2. The van der Waals surface area contributed by atoms with E-state index in [0.29, 0.717) is 37.7 Å². The fraction of sp³-hybridized carbons (Fsp3) is 0.619. The maximum absolute atomic E-state index is 12.9. The van der Waals surface area contributed by atoms with E-state index >= 15 is 0 Å². The Labute approximate surface area is 160 Å². The number of rotatable bonds is 6. The summed E-state index contributed by atoms with van der Waals surface area (Å²) < 4.78 is 12.9. The lowest BCUT2D eigenvalue weighted by atomic mass is 9.96. The number of urea groups is 1. The number of nitrogens with zero attached hydrogens (tertiary/aromatic N) is 1. The molecule has 6 heteroatoms. The number of piperidine rings is 1. The van der Waals surface area contributed by atoms with E-state index in [1.54, 1.807) is 17.0 Å². The molecule has 1 saturated heterocycles. The van der Waals surface area contributed by atoms with E-state index in [-0.39, 0.29) is 17.8 Å². The number of likely N-dealkylation sites (tertiary alicyclic amines) is 1. The van der Waals surface area contributed by atoms with Crippen molar-refractivity contribution in [2.75, 3.05) is 25.0 Å². The van der Waals surface area contributed by atoms with Gasteiger partial charge in [0.2, 0.25) is 5.91 Å². The number of nitrogens with one attached hydrogen (secondary N) is 2. The molecule has 1 aromatic carbocycles. The van der Waals surface area contributed by atoms with Gasteiger partial charge in [0.05, 0.1) is 0 Å². The second kappa shape index (κ2) is 9.72. The number of anilines is 1. The molecule has 0 atom stereocenters. The minimum Gasteiger partial charge on any atom is -0.356 e. The molecule has 0 unspecified atom stereocenters. The van der Waals surface area contributed by atoms with E-state index in [9.17, 15) is 14.0 Å². The Balaban J connectivity index is 1.31. The van der Waals surface area contributed by atoms with Gasteiger partial charge >= 0.3 is 6.03 Å².